The molecule has 0 aliphatic carbocycles. The number of halogens is 2. The SMILES string of the molecule is CS(=O)(=O)NCCNC(=O)c1cc(Cl)sc1Cl. The van der Waals surface area contributed by atoms with E-state index in [1.807, 2.05) is 0 Å². The van der Waals surface area contributed by atoms with Crippen molar-refractivity contribution in [1.29, 1.82) is 0 Å². The molecule has 0 spiro atoms. The fourth-order valence-electron chi connectivity index (χ4n) is 1.00. The minimum atomic E-state index is -3.24. The Morgan fingerprint density at radius 1 is 1.41 bits per heavy atom. The number of hydrogen-bond donors (Lipinski definition) is 2. The molecule has 0 aliphatic heterocycles. The lowest BCUT2D eigenvalue weighted by atomic mass is 10.3. The average Bonchev–Trinajstić information content (AvgIpc) is 2.51. The Morgan fingerprint density at radius 3 is 2.53 bits per heavy atom. The van der Waals surface area contributed by atoms with Crippen molar-refractivity contribution in [3.8, 4) is 0 Å². The molecule has 1 heterocycles. The molecular weight excluding hydrogens is 307 g/mol. The number of hydrogen-bond acceptors (Lipinski definition) is 4. The first-order chi connectivity index (χ1) is 7.79. The topological polar surface area (TPSA) is 75.3 Å². The molecule has 0 unspecified atom stereocenters. The van der Waals surface area contributed by atoms with Gasteiger partial charge in [-0.2, -0.15) is 0 Å². The second-order valence-electron chi connectivity index (χ2n) is 3.16. The number of rotatable bonds is 5. The third-order valence-electron chi connectivity index (χ3n) is 1.68. The minimum absolute atomic E-state index is 0.125. The monoisotopic (exact) mass is 316 g/mol. The van der Waals surface area contributed by atoms with Crippen LogP contribution in [0.15, 0.2) is 6.07 Å². The Balaban J connectivity index is 2.43. The zero-order chi connectivity index (χ0) is 13.1. The molecule has 0 aliphatic rings. The van der Waals surface area contributed by atoms with Crippen molar-refractivity contribution in [3.63, 3.8) is 0 Å². The third kappa shape index (κ3) is 5.22. The number of carbonyl (C=O) groups is 1. The highest BCUT2D eigenvalue weighted by Gasteiger charge is 2.13. The maximum Gasteiger partial charge on any atom is 0.253 e. The molecule has 0 fully saturated rings. The summed E-state index contributed by atoms with van der Waals surface area (Å²) in [4.78, 5) is 11.6. The Bertz CT molecular complexity index is 513. The molecule has 5 nitrogen and oxygen atoms in total. The Kier molecular flexibility index (Phi) is 5.21. The fraction of sp³-hybridized carbons (Fsp3) is 0.375. The van der Waals surface area contributed by atoms with E-state index < -0.39 is 10.0 Å². The molecular formula is C8H10Cl2N2O3S2. The van der Waals surface area contributed by atoms with Gasteiger partial charge in [0.2, 0.25) is 10.0 Å². The van der Waals surface area contributed by atoms with Crippen LogP contribution in [-0.2, 0) is 10.0 Å². The number of nitrogens with one attached hydrogen (secondary N) is 2. The zero-order valence-corrected chi connectivity index (χ0v) is 11.9. The summed E-state index contributed by atoms with van der Waals surface area (Å²) < 4.78 is 24.5. The highest BCUT2D eigenvalue weighted by atomic mass is 35.5. The smallest absolute Gasteiger partial charge is 0.253 e. The summed E-state index contributed by atoms with van der Waals surface area (Å²) in [5.41, 5.74) is 0.293. The van der Waals surface area contributed by atoms with E-state index in [0.29, 0.717) is 14.2 Å². The van der Waals surface area contributed by atoms with Crippen LogP contribution in [0.1, 0.15) is 10.4 Å². The van der Waals surface area contributed by atoms with Gasteiger partial charge in [-0.15, -0.1) is 11.3 Å². The van der Waals surface area contributed by atoms with Crippen molar-refractivity contribution in [2.24, 2.45) is 0 Å². The molecule has 0 aromatic carbocycles. The minimum Gasteiger partial charge on any atom is -0.351 e. The molecule has 96 valence electrons. The molecule has 1 rings (SSSR count). The number of thiophene rings is 1. The van der Waals surface area contributed by atoms with Crippen LogP contribution in [0.25, 0.3) is 0 Å². The predicted molar refractivity (Wildman–Crippen MR) is 69.5 cm³/mol. The van der Waals surface area contributed by atoms with Gasteiger partial charge in [-0.1, -0.05) is 23.2 Å². The molecule has 2 N–H and O–H groups in total. The van der Waals surface area contributed by atoms with E-state index in [2.05, 4.69) is 10.0 Å². The molecule has 0 saturated carbocycles. The lowest BCUT2D eigenvalue weighted by Gasteiger charge is -2.04. The second-order valence-corrected chi connectivity index (χ2v) is 7.28. The Hall–Kier alpha value is -0.340. The normalized spacial score (nSPS) is 11.5. The summed E-state index contributed by atoms with van der Waals surface area (Å²) in [6, 6.07) is 1.47. The first-order valence-corrected chi connectivity index (χ1v) is 7.93. The summed E-state index contributed by atoms with van der Waals surface area (Å²) in [6.07, 6.45) is 1.05. The molecule has 17 heavy (non-hydrogen) atoms. The Morgan fingerprint density at radius 2 is 2.06 bits per heavy atom. The van der Waals surface area contributed by atoms with E-state index in [-0.39, 0.29) is 19.0 Å². The molecule has 0 saturated heterocycles. The standard InChI is InChI=1S/C8H10Cl2N2O3S2/c1-17(14,15)12-3-2-11-8(13)5-4-6(9)16-7(5)10/h4,12H,2-3H2,1H3,(H,11,13). The van der Waals surface area contributed by atoms with Gasteiger partial charge in [0.05, 0.1) is 16.2 Å². The second kappa shape index (κ2) is 6.01. The summed E-state index contributed by atoms with van der Waals surface area (Å²) in [6.45, 7) is 0.301. The Labute approximate surface area is 113 Å². The largest absolute Gasteiger partial charge is 0.351 e. The third-order valence-corrected chi connectivity index (χ3v) is 3.89. The van der Waals surface area contributed by atoms with Gasteiger partial charge in [0.25, 0.3) is 5.91 Å². The molecule has 1 amide bonds. The lowest BCUT2D eigenvalue weighted by molar-refractivity contribution is 0.0955. The van der Waals surface area contributed by atoms with Crippen molar-refractivity contribution < 1.29 is 13.2 Å². The van der Waals surface area contributed by atoms with Crippen LogP contribution in [0.2, 0.25) is 8.67 Å². The van der Waals surface area contributed by atoms with Crippen LogP contribution in [0.3, 0.4) is 0 Å². The van der Waals surface area contributed by atoms with Crippen LogP contribution in [0.4, 0.5) is 0 Å². The summed E-state index contributed by atoms with van der Waals surface area (Å²) in [5.74, 6) is -0.381. The summed E-state index contributed by atoms with van der Waals surface area (Å²) in [5, 5.41) is 2.52. The number of amides is 1. The first-order valence-electron chi connectivity index (χ1n) is 4.47. The van der Waals surface area contributed by atoms with Crippen molar-refractivity contribution in [3.05, 3.63) is 20.3 Å². The highest BCUT2D eigenvalue weighted by Crippen LogP contribution is 2.30. The van der Waals surface area contributed by atoms with E-state index in [4.69, 9.17) is 23.2 Å². The molecule has 0 radical (unpaired) electrons. The van der Waals surface area contributed by atoms with E-state index in [1.165, 1.54) is 6.07 Å². The first kappa shape index (κ1) is 14.7. The predicted octanol–water partition coefficient (Wildman–Crippen LogP) is 1.33. The number of carbonyl (C=O) groups excluding carboxylic acids is 1. The van der Waals surface area contributed by atoms with Crippen LogP contribution in [-0.4, -0.2) is 33.7 Å². The molecule has 9 heteroatoms. The molecule has 1 aromatic heterocycles. The van der Waals surface area contributed by atoms with Gasteiger partial charge < -0.3 is 5.32 Å². The van der Waals surface area contributed by atoms with Crippen molar-refractivity contribution in [1.82, 2.24) is 10.0 Å². The van der Waals surface area contributed by atoms with Gasteiger partial charge in [-0.05, 0) is 6.07 Å². The quantitative estimate of drug-likeness (QED) is 0.805. The van der Waals surface area contributed by atoms with Gasteiger partial charge in [-0.25, -0.2) is 13.1 Å². The lowest BCUT2D eigenvalue weighted by Crippen LogP contribution is -2.34. The van der Waals surface area contributed by atoms with E-state index >= 15 is 0 Å². The fourth-order valence-corrected chi connectivity index (χ4v) is 2.93. The van der Waals surface area contributed by atoms with Gasteiger partial charge in [-0.3, -0.25) is 4.79 Å². The maximum atomic E-state index is 11.6. The van der Waals surface area contributed by atoms with Gasteiger partial charge in [0.15, 0.2) is 0 Å². The van der Waals surface area contributed by atoms with Crippen molar-refractivity contribution in [2.45, 2.75) is 0 Å². The van der Waals surface area contributed by atoms with Crippen molar-refractivity contribution in [2.75, 3.05) is 19.3 Å². The molecule has 0 bridgehead atoms. The van der Waals surface area contributed by atoms with E-state index in [0.717, 1.165) is 17.6 Å². The van der Waals surface area contributed by atoms with Crippen molar-refractivity contribution >= 4 is 50.5 Å². The van der Waals surface area contributed by atoms with Crippen LogP contribution >= 0.6 is 34.5 Å². The van der Waals surface area contributed by atoms with Gasteiger partial charge >= 0.3 is 0 Å². The average molecular weight is 317 g/mol. The highest BCUT2D eigenvalue weighted by molar-refractivity contribution is 7.88. The molecule has 1 aromatic rings. The number of sulfonamides is 1. The maximum absolute atomic E-state index is 11.6. The van der Waals surface area contributed by atoms with E-state index in [1.54, 1.807) is 0 Å². The van der Waals surface area contributed by atoms with Crippen LogP contribution < -0.4 is 10.0 Å². The van der Waals surface area contributed by atoms with Gasteiger partial charge in [0.1, 0.15) is 4.34 Å². The summed E-state index contributed by atoms with van der Waals surface area (Å²) in [7, 11) is -3.24. The molecule has 0 atom stereocenters. The van der Waals surface area contributed by atoms with E-state index in [9.17, 15) is 13.2 Å². The van der Waals surface area contributed by atoms with Crippen LogP contribution in [0, 0.1) is 0 Å². The van der Waals surface area contributed by atoms with Gasteiger partial charge in [0, 0.05) is 13.1 Å². The van der Waals surface area contributed by atoms with Crippen LogP contribution in [0.5, 0.6) is 0 Å². The zero-order valence-electron chi connectivity index (χ0n) is 8.79. The summed E-state index contributed by atoms with van der Waals surface area (Å²) >= 11 is 12.6.